The van der Waals surface area contributed by atoms with Gasteiger partial charge in [-0.3, -0.25) is 9.59 Å². The number of anilines is 1. The summed E-state index contributed by atoms with van der Waals surface area (Å²) in [6, 6.07) is 15.0. The Morgan fingerprint density at radius 1 is 1.19 bits per heavy atom. The molecule has 5 heteroatoms. The van der Waals surface area contributed by atoms with Crippen molar-refractivity contribution in [3.05, 3.63) is 59.7 Å². The molecule has 0 radical (unpaired) electrons. The molecule has 3 rings (SSSR count). The van der Waals surface area contributed by atoms with Crippen molar-refractivity contribution in [3.63, 3.8) is 0 Å². The van der Waals surface area contributed by atoms with Crippen LogP contribution in [0, 0.1) is 6.92 Å². The summed E-state index contributed by atoms with van der Waals surface area (Å²) in [7, 11) is 0. The second-order valence-corrected chi connectivity index (χ2v) is 6.55. The first-order valence-corrected chi connectivity index (χ1v) is 8.91. The lowest BCUT2D eigenvalue weighted by atomic mass is 10.1. The van der Waals surface area contributed by atoms with E-state index >= 15 is 0 Å². The highest BCUT2D eigenvalue weighted by molar-refractivity contribution is 6.03. The number of carbonyl (C=O) groups excluding carboxylic acids is 2. The first kappa shape index (κ1) is 18.0. The van der Waals surface area contributed by atoms with Gasteiger partial charge < -0.3 is 14.5 Å². The van der Waals surface area contributed by atoms with Crippen LogP contribution in [-0.4, -0.2) is 42.5 Å². The van der Waals surface area contributed by atoms with Gasteiger partial charge in [-0.2, -0.15) is 0 Å². The Balaban J connectivity index is 1.82. The highest BCUT2D eigenvalue weighted by atomic mass is 16.5. The van der Waals surface area contributed by atoms with Gasteiger partial charge in [-0.15, -0.1) is 0 Å². The van der Waals surface area contributed by atoms with Crippen molar-refractivity contribution in [2.45, 2.75) is 26.8 Å². The van der Waals surface area contributed by atoms with Crippen LogP contribution in [0.1, 0.15) is 29.8 Å². The summed E-state index contributed by atoms with van der Waals surface area (Å²) in [6.07, 6.45) is 0. The molecule has 0 unspecified atom stereocenters. The van der Waals surface area contributed by atoms with E-state index in [1.54, 1.807) is 21.9 Å². The van der Waals surface area contributed by atoms with Gasteiger partial charge in [0.2, 0.25) is 5.91 Å². The van der Waals surface area contributed by atoms with E-state index in [1.165, 1.54) is 0 Å². The third-order valence-corrected chi connectivity index (χ3v) is 4.58. The SMILES string of the molecule is CCOc1ccccc1C(=O)N1CC(=O)N(c2cccc(C)c2)C[C@@H]1C. The molecule has 26 heavy (non-hydrogen) atoms. The summed E-state index contributed by atoms with van der Waals surface area (Å²) in [5.41, 5.74) is 2.48. The average molecular weight is 352 g/mol. The van der Waals surface area contributed by atoms with Crippen LogP contribution in [0.2, 0.25) is 0 Å². The van der Waals surface area contributed by atoms with Gasteiger partial charge >= 0.3 is 0 Å². The molecule has 1 fully saturated rings. The zero-order chi connectivity index (χ0) is 18.7. The van der Waals surface area contributed by atoms with E-state index in [-0.39, 0.29) is 24.4 Å². The first-order chi connectivity index (χ1) is 12.5. The maximum atomic E-state index is 13.0. The van der Waals surface area contributed by atoms with Crippen molar-refractivity contribution >= 4 is 17.5 Å². The topological polar surface area (TPSA) is 49.9 Å². The Morgan fingerprint density at radius 2 is 1.96 bits per heavy atom. The van der Waals surface area contributed by atoms with E-state index in [4.69, 9.17) is 4.74 Å². The predicted molar refractivity (Wildman–Crippen MR) is 102 cm³/mol. The minimum Gasteiger partial charge on any atom is -0.493 e. The summed E-state index contributed by atoms with van der Waals surface area (Å²) >= 11 is 0. The molecule has 2 amide bonds. The summed E-state index contributed by atoms with van der Waals surface area (Å²) in [4.78, 5) is 29.1. The molecular weight excluding hydrogens is 328 g/mol. The number of hydrogen-bond donors (Lipinski definition) is 0. The molecule has 0 saturated carbocycles. The molecule has 1 atom stereocenters. The number of piperazine rings is 1. The van der Waals surface area contributed by atoms with Gasteiger partial charge in [0.05, 0.1) is 12.2 Å². The van der Waals surface area contributed by atoms with Gasteiger partial charge in [0, 0.05) is 18.3 Å². The molecule has 1 aliphatic heterocycles. The van der Waals surface area contributed by atoms with Crippen LogP contribution in [0.4, 0.5) is 5.69 Å². The number of hydrogen-bond acceptors (Lipinski definition) is 3. The maximum Gasteiger partial charge on any atom is 0.258 e. The van der Waals surface area contributed by atoms with Crippen LogP contribution < -0.4 is 9.64 Å². The number of nitrogens with zero attached hydrogens (tertiary/aromatic N) is 2. The van der Waals surface area contributed by atoms with Crippen molar-refractivity contribution in [2.24, 2.45) is 0 Å². The highest BCUT2D eigenvalue weighted by Crippen LogP contribution is 2.25. The summed E-state index contributed by atoms with van der Waals surface area (Å²) in [6.45, 7) is 6.88. The van der Waals surface area contributed by atoms with Crippen molar-refractivity contribution in [1.29, 1.82) is 0 Å². The van der Waals surface area contributed by atoms with Crippen LogP contribution in [-0.2, 0) is 4.79 Å². The first-order valence-electron chi connectivity index (χ1n) is 8.91. The molecule has 0 N–H and O–H groups in total. The molecule has 2 aromatic rings. The van der Waals surface area contributed by atoms with E-state index in [0.29, 0.717) is 24.5 Å². The molecule has 2 aromatic carbocycles. The van der Waals surface area contributed by atoms with Crippen molar-refractivity contribution < 1.29 is 14.3 Å². The molecular formula is C21H24N2O3. The van der Waals surface area contributed by atoms with E-state index in [0.717, 1.165) is 11.3 Å². The van der Waals surface area contributed by atoms with Crippen LogP contribution >= 0.6 is 0 Å². The van der Waals surface area contributed by atoms with Crippen molar-refractivity contribution in [1.82, 2.24) is 4.90 Å². The number of para-hydroxylation sites is 1. The number of rotatable bonds is 4. The molecule has 1 saturated heterocycles. The maximum absolute atomic E-state index is 13.0. The normalized spacial score (nSPS) is 17.3. The fourth-order valence-corrected chi connectivity index (χ4v) is 3.25. The summed E-state index contributed by atoms with van der Waals surface area (Å²) in [5, 5.41) is 0. The Kier molecular flexibility index (Phi) is 5.26. The fraction of sp³-hybridized carbons (Fsp3) is 0.333. The number of benzene rings is 2. The smallest absolute Gasteiger partial charge is 0.258 e. The van der Waals surface area contributed by atoms with Gasteiger partial charge in [-0.25, -0.2) is 0 Å². The van der Waals surface area contributed by atoms with E-state index in [9.17, 15) is 9.59 Å². The van der Waals surface area contributed by atoms with Crippen LogP contribution in [0.25, 0.3) is 0 Å². The van der Waals surface area contributed by atoms with Gasteiger partial charge in [0.25, 0.3) is 5.91 Å². The molecule has 0 bridgehead atoms. The zero-order valence-corrected chi connectivity index (χ0v) is 15.4. The Bertz CT molecular complexity index is 818. The quantitative estimate of drug-likeness (QED) is 0.848. The molecule has 0 aliphatic carbocycles. The lowest BCUT2D eigenvalue weighted by molar-refractivity contribution is -0.121. The fourth-order valence-electron chi connectivity index (χ4n) is 3.25. The third-order valence-electron chi connectivity index (χ3n) is 4.58. The van der Waals surface area contributed by atoms with Crippen LogP contribution in [0.3, 0.4) is 0 Å². The van der Waals surface area contributed by atoms with Gasteiger partial charge in [-0.1, -0.05) is 24.3 Å². The van der Waals surface area contributed by atoms with E-state index in [1.807, 2.05) is 57.2 Å². The highest BCUT2D eigenvalue weighted by Gasteiger charge is 2.34. The summed E-state index contributed by atoms with van der Waals surface area (Å²) in [5.74, 6) is 0.315. The molecule has 136 valence electrons. The molecule has 0 spiro atoms. The van der Waals surface area contributed by atoms with E-state index in [2.05, 4.69) is 0 Å². The molecule has 0 aromatic heterocycles. The Morgan fingerprint density at radius 3 is 2.69 bits per heavy atom. The van der Waals surface area contributed by atoms with Crippen LogP contribution in [0.15, 0.2) is 48.5 Å². The zero-order valence-electron chi connectivity index (χ0n) is 15.4. The minimum atomic E-state index is -0.168. The van der Waals surface area contributed by atoms with Crippen LogP contribution in [0.5, 0.6) is 5.75 Å². The minimum absolute atomic E-state index is 0.0639. The summed E-state index contributed by atoms with van der Waals surface area (Å²) < 4.78 is 5.57. The monoisotopic (exact) mass is 352 g/mol. The van der Waals surface area contributed by atoms with Gasteiger partial charge in [0.1, 0.15) is 12.3 Å². The lowest BCUT2D eigenvalue weighted by Crippen LogP contribution is -2.57. The lowest BCUT2D eigenvalue weighted by Gasteiger charge is -2.39. The number of carbonyl (C=O) groups is 2. The number of amides is 2. The molecule has 1 aliphatic rings. The largest absolute Gasteiger partial charge is 0.493 e. The molecule has 5 nitrogen and oxygen atoms in total. The second-order valence-electron chi connectivity index (χ2n) is 6.55. The Labute approximate surface area is 154 Å². The number of ether oxygens (including phenoxy) is 1. The van der Waals surface area contributed by atoms with Gasteiger partial charge in [0.15, 0.2) is 0 Å². The average Bonchev–Trinajstić information content (AvgIpc) is 2.63. The standard InChI is InChI=1S/C21H24N2O3/c1-4-26-19-11-6-5-10-18(19)21(25)22-14-20(24)23(13-16(22)3)17-9-7-8-15(2)12-17/h5-12,16H,4,13-14H2,1-3H3/t16-/m0/s1. The molecule has 1 heterocycles. The van der Waals surface area contributed by atoms with Crippen molar-refractivity contribution in [2.75, 3.05) is 24.6 Å². The predicted octanol–water partition coefficient (Wildman–Crippen LogP) is 3.27. The second kappa shape index (κ2) is 7.60. The van der Waals surface area contributed by atoms with Gasteiger partial charge in [-0.05, 0) is 50.6 Å². The number of aryl methyl sites for hydroxylation is 1. The van der Waals surface area contributed by atoms with E-state index < -0.39 is 0 Å². The van der Waals surface area contributed by atoms with Crippen molar-refractivity contribution in [3.8, 4) is 5.75 Å². The third kappa shape index (κ3) is 3.57. The Hall–Kier alpha value is -2.82.